The lowest BCUT2D eigenvalue weighted by Crippen LogP contribution is -2.20. The van der Waals surface area contributed by atoms with E-state index in [0.29, 0.717) is 23.3 Å². The van der Waals surface area contributed by atoms with Crippen molar-refractivity contribution in [1.82, 2.24) is 4.98 Å². The van der Waals surface area contributed by atoms with Gasteiger partial charge in [-0.1, -0.05) is 0 Å². The number of fused-ring (bicyclic) bond motifs is 1. The molecule has 2 aromatic carbocycles. The van der Waals surface area contributed by atoms with E-state index in [1.165, 1.54) is 17.4 Å². The van der Waals surface area contributed by atoms with Crippen LogP contribution >= 0.6 is 11.3 Å². The average molecular weight is 405 g/mol. The largest absolute Gasteiger partial charge is 0.416 e. The zero-order valence-electron chi connectivity index (χ0n) is 13.1. The highest BCUT2D eigenvalue weighted by Crippen LogP contribution is 2.37. The average Bonchev–Trinajstić information content (AvgIpc) is 3.00. The lowest BCUT2D eigenvalue weighted by Gasteiger charge is -2.15. The standard InChI is InChI=1S/C16H9F6N3OS/c17-15(18,19)8-3-9(16(20,21)22)5-11(4-8)25-14(26)24-10-1-2-12-13(6-10)27-7-23-12/h1-7H,(H2,24,25,26). The highest BCUT2D eigenvalue weighted by Gasteiger charge is 2.37. The first-order chi connectivity index (χ1) is 12.5. The number of halogens is 6. The van der Waals surface area contributed by atoms with E-state index in [1.54, 1.807) is 17.6 Å². The molecule has 0 aliphatic heterocycles. The minimum atomic E-state index is -4.99. The molecule has 0 fully saturated rings. The van der Waals surface area contributed by atoms with Gasteiger partial charge in [-0.05, 0) is 36.4 Å². The normalized spacial score (nSPS) is 12.2. The molecule has 142 valence electrons. The summed E-state index contributed by atoms with van der Waals surface area (Å²) in [6.07, 6.45) is -9.99. The number of alkyl halides is 6. The summed E-state index contributed by atoms with van der Waals surface area (Å²) in [5.74, 6) is 0. The Balaban J connectivity index is 1.83. The predicted molar refractivity (Wildman–Crippen MR) is 88.7 cm³/mol. The molecule has 0 aliphatic carbocycles. The van der Waals surface area contributed by atoms with Crippen molar-refractivity contribution in [3.8, 4) is 0 Å². The molecule has 0 saturated carbocycles. The van der Waals surface area contributed by atoms with E-state index >= 15 is 0 Å². The Bertz CT molecular complexity index is 963. The van der Waals surface area contributed by atoms with Crippen molar-refractivity contribution in [2.45, 2.75) is 12.4 Å². The highest BCUT2D eigenvalue weighted by molar-refractivity contribution is 7.16. The van der Waals surface area contributed by atoms with E-state index in [-0.39, 0.29) is 6.07 Å². The third-order valence-corrected chi connectivity index (χ3v) is 4.23. The van der Waals surface area contributed by atoms with Gasteiger partial charge in [-0.3, -0.25) is 0 Å². The molecule has 0 atom stereocenters. The second kappa shape index (κ2) is 6.72. The van der Waals surface area contributed by atoms with Crippen LogP contribution in [0.3, 0.4) is 0 Å². The number of nitrogens with zero attached hydrogens (tertiary/aromatic N) is 1. The molecule has 27 heavy (non-hydrogen) atoms. The molecule has 11 heteroatoms. The van der Waals surface area contributed by atoms with Crippen LogP contribution in [0.2, 0.25) is 0 Å². The van der Waals surface area contributed by atoms with Gasteiger partial charge in [0.2, 0.25) is 0 Å². The number of nitrogens with one attached hydrogen (secondary N) is 2. The monoisotopic (exact) mass is 405 g/mol. The zero-order chi connectivity index (χ0) is 19.8. The van der Waals surface area contributed by atoms with Gasteiger partial charge in [-0.25, -0.2) is 9.78 Å². The Hall–Kier alpha value is -2.82. The van der Waals surface area contributed by atoms with Crippen LogP contribution in [0, 0.1) is 0 Å². The fourth-order valence-electron chi connectivity index (χ4n) is 2.25. The summed E-state index contributed by atoms with van der Waals surface area (Å²) < 4.78 is 77.8. The topological polar surface area (TPSA) is 54.0 Å². The second-order valence-corrected chi connectivity index (χ2v) is 6.29. The van der Waals surface area contributed by atoms with Crippen LogP contribution in [0.1, 0.15) is 11.1 Å². The fraction of sp³-hybridized carbons (Fsp3) is 0.125. The van der Waals surface area contributed by atoms with E-state index in [9.17, 15) is 31.1 Å². The van der Waals surface area contributed by atoms with Gasteiger partial charge in [-0.15, -0.1) is 11.3 Å². The quantitative estimate of drug-likeness (QED) is 0.516. The van der Waals surface area contributed by atoms with E-state index in [4.69, 9.17) is 0 Å². The van der Waals surface area contributed by atoms with Crippen LogP contribution < -0.4 is 10.6 Å². The summed E-state index contributed by atoms with van der Waals surface area (Å²) in [6.45, 7) is 0. The molecule has 0 saturated heterocycles. The summed E-state index contributed by atoms with van der Waals surface area (Å²) in [5.41, 5.74) is -1.06. The predicted octanol–water partition coefficient (Wildman–Crippen LogP) is 5.98. The fourth-order valence-corrected chi connectivity index (χ4v) is 2.97. The Morgan fingerprint density at radius 2 is 1.44 bits per heavy atom. The molecular formula is C16H9F6N3OS. The molecule has 0 unspecified atom stereocenters. The first-order valence-electron chi connectivity index (χ1n) is 7.23. The van der Waals surface area contributed by atoms with Gasteiger partial charge in [-0.2, -0.15) is 26.3 Å². The number of hydrogen-bond donors (Lipinski definition) is 2. The number of urea groups is 1. The van der Waals surface area contributed by atoms with Crippen molar-refractivity contribution in [2.75, 3.05) is 10.6 Å². The van der Waals surface area contributed by atoms with Gasteiger partial charge >= 0.3 is 18.4 Å². The number of rotatable bonds is 2. The highest BCUT2D eigenvalue weighted by atomic mass is 32.1. The minimum Gasteiger partial charge on any atom is -0.308 e. The molecule has 3 aromatic rings. The number of thiazole rings is 1. The summed E-state index contributed by atoms with van der Waals surface area (Å²) in [6, 6.07) is 4.58. The van der Waals surface area contributed by atoms with Gasteiger partial charge in [0.05, 0.1) is 26.9 Å². The van der Waals surface area contributed by atoms with Crippen molar-refractivity contribution in [3.05, 3.63) is 53.0 Å². The second-order valence-electron chi connectivity index (χ2n) is 5.41. The lowest BCUT2D eigenvalue weighted by molar-refractivity contribution is -0.143. The number of amides is 2. The maximum Gasteiger partial charge on any atom is 0.416 e. The summed E-state index contributed by atoms with van der Waals surface area (Å²) in [7, 11) is 0. The van der Waals surface area contributed by atoms with Crippen molar-refractivity contribution >= 4 is 39.0 Å². The molecule has 2 amide bonds. The molecule has 1 aromatic heterocycles. The van der Waals surface area contributed by atoms with Gasteiger partial charge in [0.25, 0.3) is 0 Å². The van der Waals surface area contributed by atoms with Crippen molar-refractivity contribution in [2.24, 2.45) is 0 Å². The van der Waals surface area contributed by atoms with Crippen molar-refractivity contribution in [3.63, 3.8) is 0 Å². The minimum absolute atomic E-state index is 0.0131. The summed E-state index contributed by atoms with van der Waals surface area (Å²) in [4.78, 5) is 16.0. The Kier molecular flexibility index (Phi) is 4.72. The van der Waals surface area contributed by atoms with Crippen molar-refractivity contribution < 1.29 is 31.1 Å². The smallest absolute Gasteiger partial charge is 0.308 e. The Morgan fingerprint density at radius 3 is 2.04 bits per heavy atom. The van der Waals surface area contributed by atoms with Crippen LogP contribution in [-0.2, 0) is 12.4 Å². The van der Waals surface area contributed by atoms with E-state index < -0.39 is 35.2 Å². The summed E-state index contributed by atoms with van der Waals surface area (Å²) >= 11 is 1.31. The van der Waals surface area contributed by atoms with Crippen LogP contribution in [0.5, 0.6) is 0 Å². The van der Waals surface area contributed by atoms with Crippen LogP contribution in [0.25, 0.3) is 10.2 Å². The molecule has 0 spiro atoms. The van der Waals surface area contributed by atoms with Crippen LogP contribution in [0.15, 0.2) is 41.9 Å². The summed E-state index contributed by atoms with van der Waals surface area (Å²) in [5, 5.41) is 4.35. The number of carbonyl (C=O) groups is 1. The first-order valence-corrected chi connectivity index (χ1v) is 8.11. The van der Waals surface area contributed by atoms with E-state index in [2.05, 4.69) is 10.3 Å². The van der Waals surface area contributed by atoms with Crippen LogP contribution in [0.4, 0.5) is 42.5 Å². The van der Waals surface area contributed by atoms with Gasteiger partial charge < -0.3 is 10.6 Å². The number of aromatic nitrogens is 1. The lowest BCUT2D eigenvalue weighted by atomic mass is 10.1. The number of carbonyl (C=O) groups excluding carboxylic acids is 1. The molecule has 2 N–H and O–H groups in total. The third kappa shape index (κ3) is 4.48. The Labute approximate surface area is 151 Å². The SMILES string of the molecule is O=C(Nc1cc(C(F)(F)F)cc(C(F)(F)F)c1)Nc1ccc2ncsc2c1. The third-order valence-electron chi connectivity index (χ3n) is 3.43. The van der Waals surface area contributed by atoms with Gasteiger partial charge in [0, 0.05) is 11.4 Å². The van der Waals surface area contributed by atoms with Crippen LogP contribution in [-0.4, -0.2) is 11.0 Å². The Morgan fingerprint density at radius 1 is 0.852 bits per heavy atom. The molecule has 4 nitrogen and oxygen atoms in total. The van der Waals surface area contributed by atoms with Gasteiger partial charge in [0.1, 0.15) is 0 Å². The van der Waals surface area contributed by atoms with Gasteiger partial charge in [0.15, 0.2) is 0 Å². The van der Waals surface area contributed by atoms with E-state index in [1.807, 2.05) is 5.32 Å². The zero-order valence-corrected chi connectivity index (χ0v) is 13.9. The number of hydrogen-bond acceptors (Lipinski definition) is 3. The maximum atomic E-state index is 12.8. The number of benzene rings is 2. The molecule has 0 bridgehead atoms. The first kappa shape index (κ1) is 19.0. The molecule has 1 heterocycles. The molecule has 0 radical (unpaired) electrons. The molecule has 3 rings (SSSR count). The number of anilines is 2. The van der Waals surface area contributed by atoms with E-state index in [0.717, 1.165) is 4.70 Å². The molecule has 0 aliphatic rings. The van der Waals surface area contributed by atoms with Crippen molar-refractivity contribution in [1.29, 1.82) is 0 Å². The molecular weight excluding hydrogens is 396 g/mol. The maximum absolute atomic E-state index is 12.8.